The number of aryl methyl sites for hydroxylation is 5. The lowest BCUT2D eigenvalue weighted by Crippen LogP contribution is -2.16. The molecule has 0 bridgehead atoms. The highest BCUT2D eigenvalue weighted by Crippen LogP contribution is 2.34. The minimum atomic E-state index is -4.58. The normalized spacial score (nSPS) is 11.4. The molecule has 0 aliphatic rings. The number of hydrogen-bond donors (Lipinski definition) is 4. The first-order valence-corrected chi connectivity index (χ1v) is 30.6. The summed E-state index contributed by atoms with van der Waals surface area (Å²) < 4.78 is 246. The average molecular weight is 1620 g/mol. The maximum absolute atomic E-state index is 13.6. The van der Waals surface area contributed by atoms with E-state index in [0.717, 1.165) is 78.1 Å². The Kier molecular flexibility index (Phi) is 26.6. The number of nitrogen functional groups attached to an aromatic ring is 1. The highest BCUT2D eigenvalue weighted by Gasteiger charge is 2.38. The topological polar surface area (TPSA) is 318 Å². The molecule has 0 aliphatic carbocycles. The van der Waals surface area contributed by atoms with E-state index in [4.69, 9.17) is 5.73 Å². The molecule has 10 heterocycles. The number of benzene rings is 2. The molecule has 574 valence electrons. The second-order valence-corrected chi connectivity index (χ2v) is 22.5. The summed E-state index contributed by atoms with van der Waals surface area (Å²) in [6.07, 6.45) is -11.7. The van der Waals surface area contributed by atoms with Crippen molar-refractivity contribution in [3.8, 4) is 22.7 Å². The maximum Gasteiger partial charge on any atom is 0.434 e. The van der Waals surface area contributed by atoms with E-state index in [1.807, 2.05) is 0 Å². The number of halogens is 20. The number of rotatable bonds is 11. The zero-order chi connectivity index (χ0) is 80.8. The Morgan fingerprint density at radius 1 is 0.459 bits per heavy atom. The van der Waals surface area contributed by atoms with Crippen LogP contribution in [-0.2, 0) is 37.4 Å². The minimum absolute atomic E-state index is 0.0276. The quantitative estimate of drug-likeness (QED) is 0.0531. The van der Waals surface area contributed by atoms with E-state index in [9.17, 15) is 108 Å². The predicted molar refractivity (Wildman–Crippen MR) is 350 cm³/mol. The van der Waals surface area contributed by atoms with E-state index in [-0.39, 0.29) is 70.1 Å². The van der Waals surface area contributed by atoms with Gasteiger partial charge >= 0.3 is 42.5 Å². The minimum Gasteiger partial charge on any atom is -0.384 e. The predicted octanol–water partition coefficient (Wildman–Crippen LogP) is 16.8. The van der Waals surface area contributed by atoms with Crippen LogP contribution in [0.3, 0.4) is 0 Å². The third kappa shape index (κ3) is 23.1. The van der Waals surface area contributed by atoms with E-state index in [2.05, 4.69) is 81.4 Å². The SMILES string of the molecule is Cc1nc(C(F)(F)F)cn1-c1ccc(N)nc1.Cc1nc(C(F)(F)F)cn1-c1ccc(NC(=O)c2c(F)cccc2F)nc1.Cc1nc(C(F)(F)F)cn1-c1ccc(NCc2c(F)cccc2F)nc1.Cc1nc(C(F)(F)F)cn1-c1ccc([N+](=O)[O-])nc1.Cc1ncc(C(F)(F)F)[nH]1.O=[N+]([O-])c1ccc(Br)cn1. The summed E-state index contributed by atoms with van der Waals surface area (Å²) in [7, 11) is 0. The summed E-state index contributed by atoms with van der Waals surface area (Å²) >= 11 is 3.11. The molecule has 2 aromatic carbocycles. The monoisotopic (exact) mass is 1620 g/mol. The lowest BCUT2D eigenvalue weighted by molar-refractivity contribution is -0.389. The number of carbonyl (C=O) groups excluding carboxylic acids is 1. The Balaban J connectivity index is 0.000000188. The fraction of sp³-hybridized carbons (Fsp3) is 0.172. The summed E-state index contributed by atoms with van der Waals surface area (Å²) in [4.78, 5) is 69.3. The van der Waals surface area contributed by atoms with Crippen molar-refractivity contribution < 1.29 is 98.1 Å². The van der Waals surface area contributed by atoms with E-state index in [1.165, 1.54) is 126 Å². The summed E-state index contributed by atoms with van der Waals surface area (Å²) in [6.45, 7) is 7.08. The van der Waals surface area contributed by atoms with Gasteiger partial charge in [0.15, 0.2) is 35.2 Å². The molecule has 109 heavy (non-hydrogen) atoms. The van der Waals surface area contributed by atoms with Gasteiger partial charge in [-0.05, 0) is 143 Å². The van der Waals surface area contributed by atoms with E-state index in [0.29, 0.717) is 23.0 Å². The molecule has 5 N–H and O–H groups in total. The van der Waals surface area contributed by atoms with Crippen molar-refractivity contribution in [2.75, 3.05) is 16.4 Å². The van der Waals surface area contributed by atoms with Crippen molar-refractivity contribution in [1.29, 1.82) is 0 Å². The van der Waals surface area contributed by atoms with E-state index in [1.54, 1.807) is 12.1 Å². The van der Waals surface area contributed by atoms with Gasteiger partial charge in [-0.15, -0.1) is 0 Å². The molecule has 1 amide bonds. The molecule has 0 atom stereocenters. The molecule has 45 heteroatoms. The summed E-state index contributed by atoms with van der Waals surface area (Å²) in [5.41, 5.74) is 1.13. The second-order valence-electron chi connectivity index (χ2n) is 21.6. The van der Waals surface area contributed by atoms with Gasteiger partial charge in [0.05, 0.1) is 52.0 Å². The fourth-order valence-electron chi connectivity index (χ4n) is 8.70. The van der Waals surface area contributed by atoms with Crippen molar-refractivity contribution >= 4 is 50.9 Å². The maximum atomic E-state index is 13.6. The highest BCUT2D eigenvalue weighted by molar-refractivity contribution is 9.10. The number of aromatic amines is 1. The molecular formula is C64H48BrF19N20O5. The first-order chi connectivity index (χ1) is 50.8. The van der Waals surface area contributed by atoms with Gasteiger partial charge in [-0.3, -0.25) is 9.36 Å². The summed E-state index contributed by atoms with van der Waals surface area (Å²) in [6, 6.07) is 20.7. The number of H-pyrrole nitrogens is 1. The Morgan fingerprint density at radius 2 is 0.817 bits per heavy atom. The summed E-state index contributed by atoms with van der Waals surface area (Å²) in [5, 5.41) is 25.5. The van der Waals surface area contributed by atoms with Crippen LogP contribution in [0.2, 0.25) is 0 Å². The number of carbonyl (C=O) groups is 1. The zero-order valence-corrected chi connectivity index (χ0v) is 57.1. The second kappa shape index (κ2) is 34.7. The Bertz CT molecular complexity index is 5060. The van der Waals surface area contributed by atoms with Crippen LogP contribution in [-0.4, -0.2) is 88.8 Å². The molecule has 0 radical (unpaired) electrons. The van der Waals surface area contributed by atoms with Crippen LogP contribution in [0.1, 0.15) is 73.5 Å². The Hall–Kier alpha value is -12.7. The van der Waals surface area contributed by atoms with Gasteiger partial charge in [-0.1, -0.05) is 12.1 Å². The number of alkyl halides is 15. The van der Waals surface area contributed by atoms with Crippen LogP contribution in [0, 0.1) is 78.1 Å². The van der Waals surface area contributed by atoms with Crippen LogP contribution in [0.15, 0.2) is 164 Å². The molecule has 0 spiro atoms. The number of amides is 1. The van der Waals surface area contributed by atoms with Gasteiger partial charge < -0.3 is 55.3 Å². The number of nitrogens with zero attached hydrogens (tertiary/aromatic N) is 16. The number of nitrogens with two attached hydrogens (primary N) is 1. The number of pyridine rings is 5. The van der Waals surface area contributed by atoms with Gasteiger partial charge in [0.25, 0.3) is 5.91 Å². The van der Waals surface area contributed by atoms with Crippen molar-refractivity contribution in [2.45, 2.75) is 72.0 Å². The van der Waals surface area contributed by atoms with Gasteiger partial charge in [0, 0.05) is 49.0 Å². The van der Waals surface area contributed by atoms with Crippen LogP contribution in [0.4, 0.5) is 113 Å². The fourth-order valence-corrected chi connectivity index (χ4v) is 8.94. The van der Waals surface area contributed by atoms with Gasteiger partial charge in [0.2, 0.25) is 0 Å². The number of aromatic nitrogens is 15. The van der Waals surface area contributed by atoms with Gasteiger partial charge in [-0.25, -0.2) is 57.4 Å². The van der Waals surface area contributed by atoms with Crippen molar-refractivity contribution in [3.63, 3.8) is 0 Å². The lowest BCUT2D eigenvalue weighted by atomic mass is 10.2. The molecule has 0 unspecified atom stereocenters. The molecule has 0 saturated heterocycles. The summed E-state index contributed by atoms with van der Waals surface area (Å²) in [5.74, 6) is -3.49. The lowest BCUT2D eigenvalue weighted by Gasteiger charge is -2.09. The van der Waals surface area contributed by atoms with Crippen molar-refractivity contribution in [2.24, 2.45) is 0 Å². The third-order valence-electron chi connectivity index (χ3n) is 13.8. The van der Waals surface area contributed by atoms with Gasteiger partial charge in [-0.2, -0.15) is 65.9 Å². The van der Waals surface area contributed by atoms with Crippen molar-refractivity contribution in [3.05, 3.63) is 276 Å². The van der Waals surface area contributed by atoms with Gasteiger partial charge in [0.1, 0.15) is 81.1 Å². The average Bonchev–Trinajstić information content (AvgIpc) is 1.67. The van der Waals surface area contributed by atoms with Crippen LogP contribution < -0.4 is 16.4 Å². The number of imidazole rings is 5. The zero-order valence-electron chi connectivity index (χ0n) is 55.6. The molecule has 0 saturated carbocycles. The number of nitro groups is 2. The molecule has 25 nitrogen and oxygen atoms in total. The molecule has 10 aromatic heterocycles. The Morgan fingerprint density at radius 3 is 1.11 bits per heavy atom. The molecular weight excluding hydrogens is 1570 g/mol. The highest BCUT2D eigenvalue weighted by atomic mass is 79.9. The molecule has 0 fully saturated rings. The third-order valence-corrected chi connectivity index (χ3v) is 14.3. The Labute approximate surface area is 606 Å². The standard InChI is InChI=1S/C17H11F5N4O.C17H13F5N4.C10H7F3N4O2.C10H9F3N4.C5H3BrN2O2.C5H5F3N2/c1-9-24-13(17(20,21)22)8-26(9)10-5-6-14(23-7-10)25-16(27)15-11(18)3-2-4-12(15)19;1-10-25-15(17(20,21)22)9-26(10)11-5-6-16(23-7-11)24-8-12-13(18)3-2-4-14(12)19;1-6-15-8(10(11,12)13)5-16(6)7-2-3-9(14-4-7)17(18)19;1-6-16-8(10(11,12)13)5-17(6)7-2-3-9(14)15-4-7;6-4-1-2-5(7-3-4)8(9)10;1-3-9-2-4(10-3)5(6,7)8/h2-8H,1H3,(H,23,25,27);2-7,9H,8H2,1H3,(H,23,24);2-5H,1H3;2-5H,1H3,(H2,14,15);1-3H;2H,1H3,(H,9,10). The molecule has 0 aliphatic heterocycles. The number of hydrogen-bond acceptors (Lipinski definition) is 17. The van der Waals surface area contributed by atoms with E-state index >= 15 is 0 Å². The largest absolute Gasteiger partial charge is 0.434 e. The smallest absolute Gasteiger partial charge is 0.384 e. The van der Waals surface area contributed by atoms with Crippen LogP contribution in [0.25, 0.3) is 22.7 Å². The van der Waals surface area contributed by atoms with Crippen molar-refractivity contribution in [1.82, 2.24) is 73.1 Å². The first kappa shape index (κ1) is 83.5. The molecule has 12 aromatic rings. The van der Waals surface area contributed by atoms with Crippen LogP contribution in [0.5, 0.6) is 0 Å². The van der Waals surface area contributed by atoms with Crippen LogP contribution >= 0.6 is 15.9 Å². The number of anilines is 3. The van der Waals surface area contributed by atoms with E-state index < -0.39 is 104 Å². The number of nitrogens with one attached hydrogen (secondary N) is 3. The first-order valence-electron chi connectivity index (χ1n) is 29.8. The molecule has 12 rings (SSSR count).